The molecule has 1 saturated heterocycles. The molecule has 0 N–H and O–H groups in total. The number of esters is 1. The van der Waals surface area contributed by atoms with Crippen molar-refractivity contribution in [1.29, 1.82) is 0 Å². The van der Waals surface area contributed by atoms with E-state index in [0.717, 1.165) is 35.6 Å². The van der Waals surface area contributed by atoms with Gasteiger partial charge in [0.2, 0.25) is 0 Å². The molecule has 1 aliphatic rings. The Bertz CT molecular complexity index is 736. The summed E-state index contributed by atoms with van der Waals surface area (Å²) in [5.41, 5.74) is -0.307. The maximum atomic E-state index is 13.0. The van der Waals surface area contributed by atoms with Gasteiger partial charge in [0.05, 0.1) is 12.7 Å². The van der Waals surface area contributed by atoms with Gasteiger partial charge in [0.15, 0.2) is 5.60 Å². The molecular formula is C21H26O4. The number of hydrogen-bond donors (Lipinski definition) is 0. The standard InChI is InChI=1S/C21H26O4/c1-4-16-14-17(12-13-24-16)25-20(22)21(2,23-3)19-11-7-9-15-8-5-6-10-18(15)19/h5-11,16-17H,4,12-14H2,1-3H3/t16-,17+,21-/m0/s1. The van der Waals surface area contributed by atoms with Crippen molar-refractivity contribution in [2.45, 2.75) is 50.9 Å². The Kier molecular flexibility index (Phi) is 5.40. The summed E-state index contributed by atoms with van der Waals surface area (Å²) in [5.74, 6) is -0.340. The molecule has 0 unspecified atom stereocenters. The van der Waals surface area contributed by atoms with E-state index < -0.39 is 5.60 Å². The van der Waals surface area contributed by atoms with Gasteiger partial charge in [0.25, 0.3) is 0 Å². The van der Waals surface area contributed by atoms with Gasteiger partial charge < -0.3 is 14.2 Å². The van der Waals surface area contributed by atoms with E-state index in [4.69, 9.17) is 14.2 Å². The van der Waals surface area contributed by atoms with Crippen LogP contribution in [0.1, 0.15) is 38.7 Å². The zero-order chi connectivity index (χ0) is 17.9. The zero-order valence-electron chi connectivity index (χ0n) is 15.2. The van der Waals surface area contributed by atoms with Crippen LogP contribution in [0, 0.1) is 0 Å². The lowest BCUT2D eigenvalue weighted by Crippen LogP contribution is -2.41. The minimum atomic E-state index is -1.14. The van der Waals surface area contributed by atoms with Crippen molar-refractivity contribution in [1.82, 2.24) is 0 Å². The Morgan fingerprint density at radius 2 is 2.00 bits per heavy atom. The van der Waals surface area contributed by atoms with Gasteiger partial charge >= 0.3 is 5.97 Å². The number of hydrogen-bond acceptors (Lipinski definition) is 4. The van der Waals surface area contributed by atoms with Crippen molar-refractivity contribution in [3.05, 3.63) is 48.0 Å². The van der Waals surface area contributed by atoms with Gasteiger partial charge in [-0.15, -0.1) is 0 Å². The van der Waals surface area contributed by atoms with E-state index in [2.05, 4.69) is 6.92 Å². The number of methoxy groups -OCH3 is 1. The van der Waals surface area contributed by atoms with E-state index in [1.54, 1.807) is 14.0 Å². The molecule has 4 nitrogen and oxygen atoms in total. The molecule has 3 rings (SSSR count). The van der Waals surface area contributed by atoms with E-state index in [1.807, 2.05) is 42.5 Å². The highest BCUT2D eigenvalue weighted by atomic mass is 16.6. The van der Waals surface area contributed by atoms with Crippen LogP contribution in [0.5, 0.6) is 0 Å². The Labute approximate surface area is 149 Å². The summed E-state index contributed by atoms with van der Waals surface area (Å²) in [6.45, 7) is 4.51. The molecule has 1 fully saturated rings. The fourth-order valence-electron chi connectivity index (χ4n) is 3.45. The molecule has 25 heavy (non-hydrogen) atoms. The molecule has 3 atom stereocenters. The molecule has 0 amide bonds. The van der Waals surface area contributed by atoms with Crippen LogP contribution in [0.3, 0.4) is 0 Å². The molecule has 1 aliphatic heterocycles. The van der Waals surface area contributed by atoms with Crippen molar-refractivity contribution in [3.63, 3.8) is 0 Å². The van der Waals surface area contributed by atoms with Crippen molar-refractivity contribution < 1.29 is 19.0 Å². The Morgan fingerprint density at radius 3 is 2.76 bits per heavy atom. The van der Waals surface area contributed by atoms with Gasteiger partial charge in [-0.05, 0) is 24.1 Å². The predicted molar refractivity (Wildman–Crippen MR) is 97.5 cm³/mol. The molecule has 0 radical (unpaired) electrons. The molecule has 0 bridgehead atoms. The van der Waals surface area contributed by atoms with Gasteiger partial charge in [0.1, 0.15) is 6.10 Å². The quantitative estimate of drug-likeness (QED) is 0.764. The van der Waals surface area contributed by atoms with Crippen molar-refractivity contribution in [2.24, 2.45) is 0 Å². The number of ether oxygens (including phenoxy) is 3. The smallest absolute Gasteiger partial charge is 0.343 e. The summed E-state index contributed by atoms with van der Waals surface area (Å²) < 4.78 is 17.2. The second-order valence-corrected chi connectivity index (χ2v) is 6.72. The summed E-state index contributed by atoms with van der Waals surface area (Å²) in [7, 11) is 1.56. The van der Waals surface area contributed by atoms with Gasteiger partial charge in [-0.3, -0.25) is 0 Å². The molecule has 0 saturated carbocycles. The predicted octanol–water partition coefficient (Wildman–Crippen LogP) is 4.20. The third kappa shape index (κ3) is 3.55. The lowest BCUT2D eigenvalue weighted by Gasteiger charge is -2.33. The molecule has 0 aliphatic carbocycles. The van der Waals surface area contributed by atoms with Crippen molar-refractivity contribution >= 4 is 16.7 Å². The molecule has 2 aromatic rings. The fourth-order valence-corrected chi connectivity index (χ4v) is 3.45. The Hall–Kier alpha value is -1.91. The highest BCUT2D eigenvalue weighted by Gasteiger charge is 2.40. The molecule has 0 aromatic heterocycles. The maximum Gasteiger partial charge on any atom is 0.343 e. The van der Waals surface area contributed by atoms with Crippen LogP contribution in [-0.4, -0.2) is 31.9 Å². The normalized spacial score (nSPS) is 23.2. The van der Waals surface area contributed by atoms with Crippen LogP contribution in [0.2, 0.25) is 0 Å². The number of benzene rings is 2. The van der Waals surface area contributed by atoms with Crippen molar-refractivity contribution in [3.8, 4) is 0 Å². The van der Waals surface area contributed by atoms with E-state index in [9.17, 15) is 4.79 Å². The number of fused-ring (bicyclic) bond motifs is 1. The van der Waals surface area contributed by atoms with E-state index in [0.29, 0.717) is 6.61 Å². The zero-order valence-corrected chi connectivity index (χ0v) is 15.2. The van der Waals surface area contributed by atoms with Crippen LogP contribution < -0.4 is 0 Å². The van der Waals surface area contributed by atoms with E-state index in [1.165, 1.54) is 0 Å². The molecule has 0 spiro atoms. The first-order valence-corrected chi connectivity index (χ1v) is 8.94. The van der Waals surface area contributed by atoms with Gasteiger partial charge in [-0.25, -0.2) is 4.79 Å². The monoisotopic (exact) mass is 342 g/mol. The first-order valence-electron chi connectivity index (χ1n) is 8.94. The van der Waals surface area contributed by atoms with E-state index in [-0.39, 0.29) is 18.2 Å². The number of carbonyl (C=O) groups is 1. The molecular weight excluding hydrogens is 316 g/mol. The van der Waals surface area contributed by atoms with Crippen LogP contribution in [0.4, 0.5) is 0 Å². The highest BCUT2D eigenvalue weighted by Crippen LogP contribution is 2.33. The lowest BCUT2D eigenvalue weighted by molar-refractivity contribution is -0.180. The van der Waals surface area contributed by atoms with Crippen LogP contribution in [-0.2, 0) is 24.6 Å². The van der Waals surface area contributed by atoms with Crippen LogP contribution in [0.25, 0.3) is 10.8 Å². The summed E-state index contributed by atoms with van der Waals surface area (Å²) in [6.07, 6.45) is 2.46. The molecule has 1 heterocycles. The first kappa shape index (κ1) is 17.9. The van der Waals surface area contributed by atoms with Crippen LogP contribution >= 0.6 is 0 Å². The summed E-state index contributed by atoms with van der Waals surface area (Å²) in [6, 6.07) is 13.9. The second-order valence-electron chi connectivity index (χ2n) is 6.72. The third-order valence-electron chi connectivity index (χ3n) is 5.15. The SMILES string of the molecule is CC[C@H]1C[C@H](OC(=O)[C@@](C)(OC)c2cccc3ccccc23)CCO1. The van der Waals surface area contributed by atoms with Gasteiger partial charge in [0, 0.05) is 25.5 Å². The fraction of sp³-hybridized carbons (Fsp3) is 0.476. The first-order chi connectivity index (χ1) is 12.1. The van der Waals surface area contributed by atoms with Gasteiger partial charge in [-0.2, -0.15) is 0 Å². The maximum absolute atomic E-state index is 13.0. The van der Waals surface area contributed by atoms with Crippen molar-refractivity contribution in [2.75, 3.05) is 13.7 Å². The summed E-state index contributed by atoms with van der Waals surface area (Å²) in [4.78, 5) is 13.0. The highest BCUT2D eigenvalue weighted by molar-refractivity contribution is 5.92. The molecule has 2 aromatic carbocycles. The Morgan fingerprint density at radius 1 is 1.24 bits per heavy atom. The lowest BCUT2D eigenvalue weighted by atomic mass is 9.90. The average molecular weight is 342 g/mol. The molecule has 4 heteroatoms. The second kappa shape index (κ2) is 7.54. The summed E-state index contributed by atoms with van der Waals surface area (Å²) in [5, 5.41) is 2.08. The summed E-state index contributed by atoms with van der Waals surface area (Å²) >= 11 is 0. The van der Waals surface area contributed by atoms with E-state index >= 15 is 0 Å². The average Bonchev–Trinajstić information content (AvgIpc) is 2.67. The number of carbonyl (C=O) groups excluding carboxylic acids is 1. The number of rotatable bonds is 5. The Balaban J connectivity index is 1.87. The largest absolute Gasteiger partial charge is 0.460 e. The minimum Gasteiger partial charge on any atom is -0.460 e. The minimum absolute atomic E-state index is 0.115. The topological polar surface area (TPSA) is 44.8 Å². The third-order valence-corrected chi connectivity index (χ3v) is 5.15. The molecule has 134 valence electrons. The van der Waals surface area contributed by atoms with Gasteiger partial charge in [-0.1, -0.05) is 49.4 Å². The van der Waals surface area contributed by atoms with Crippen LogP contribution in [0.15, 0.2) is 42.5 Å².